The van der Waals surface area contributed by atoms with E-state index in [0.29, 0.717) is 29.1 Å². The molecule has 0 atom stereocenters. The molecule has 0 aliphatic carbocycles. The summed E-state index contributed by atoms with van der Waals surface area (Å²) in [6.07, 6.45) is 3.46. The monoisotopic (exact) mass is 419 g/mol. The van der Waals surface area contributed by atoms with E-state index in [1.54, 1.807) is 42.2 Å². The molecule has 8 nitrogen and oxygen atoms in total. The van der Waals surface area contributed by atoms with Crippen molar-refractivity contribution in [2.45, 2.75) is 27.0 Å². The van der Waals surface area contributed by atoms with Crippen LogP contribution in [0.2, 0.25) is 0 Å². The zero-order valence-corrected chi connectivity index (χ0v) is 17.2. The van der Waals surface area contributed by atoms with Gasteiger partial charge < -0.3 is 13.9 Å². The maximum atomic E-state index is 12.6. The third kappa shape index (κ3) is 4.32. The Kier molecular flexibility index (Phi) is 5.79. The van der Waals surface area contributed by atoms with Gasteiger partial charge in [0.25, 0.3) is 0 Å². The largest absolute Gasteiger partial charge is 0.462 e. The SMILES string of the molecule is CCOC(=O)c1c(COC(=O)c2ccc(Cn3cccn3)o2)nc2ccccc2c1C. The van der Waals surface area contributed by atoms with Crippen molar-refractivity contribution in [3.63, 3.8) is 0 Å². The van der Waals surface area contributed by atoms with E-state index in [9.17, 15) is 9.59 Å². The minimum absolute atomic E-state index is 0.0670. The third-order valence-electron chi connectivity index (χ3n) is 4.79. The molecule has 0 amide bonds. The van der Waals surface area contributed by atoms with Gasteiger partial charge in [-0.1, -0.05) is 18.2 Å². The van der Waals surface area contributed by atoms with Crippen molar-refractivity contribution >= 4 is 22.8 Å². The lowest BCUT2D eigenvalue weighted by molar-refractivity contribution is 0.0413. The third-order valence-corrected chi connectivity index (χ3v) is 4.79. The summed E-state index contributed by atoms with van der Waals surface area (Å²) in [6.45, 7) is 4.01. The van der Waals surface area contributed by atoms with Crippen LogP contribution in [0.5, 0.6) is 0 Å². The zero-order valence-electron chi connectivity index (χ0n) is 17.2. The van der Waals surface area contributed by atoms with E-state index in [2.05, 4.69) is 10.1 Å². The van der Waals surface area contributed by atoms with Crippen LogP contribution in [-0.4, -0.2) is 33.3 Å². The van der Waals surface area contributed by atoms with E-state index >= 15 is 0 Å². The summed E-state index contributed by atoms with van der Waals surface area (Å²) >= 11 is 0. The van der Waals surface area contributed by atoms with Gasteiger partial charge in [-0.25, -0.2) is 14.6 Å². The normalized spacial score (nSPS) is 10.9. The van der Waals surface area contributed by atoms with Gasteiger partial charge in [0.05, 0.1) is 29.9 Å². The average molecular weight is 419 g/mol. The molecule has 0 fully saturated rings. The number of carbonyl (C=O) groups is 2. The molecular weight excluding hydrogens is 398 g/mol. The Morgan fingerprint density at radius 2 is 1.90 bits per heavy atom. The summed E-state index contributed by atoms with van der Waals surface area (Å²) in [5.74, 6) is -0.502. The highest BCUT2D eigenvalue weighted by molar-refractivity contribution is 5.98. The number of hydrogen-bond donors (Lipinski definition) is 0. The van der Waals surface area contributed by atoms with Crippen LogP contribution in [-0.2, 0) is 22.6 Å². The molecule has 0 spiro atoms. The lowest BCUT2D eigenvalue weighted by Gasteiger charge is -2.13. The van der Waals surface area contributed by atoms with E-state index in [-0.39, 0.29) is 19.0 Å². The van der Waals surface area contributed by atoms with Crippen LogP contribution in [0, 0.1) is 6.92 Å². The first-order valence-electron chi connectivity index (χ1n) is 9.85. The van der Waals surface area contributed by atoms with E-state index in [4.69, 9.17) is 13.9 Å². The molecule has 4 rings (SSSR count). The second-order valence-corrected chi connectivity index (χ2v) is 6.84. The minimum atomic E-state index is -0.644. The second-order valence-electron chi connectivity index (χ2n) is 6.84. The molecule has 0 radical (unpaired) electrons. The highest BCUT2D eigenvalue weighted by atomic mass is 16.5. The zero-order chi connectivity index (χ0) is 21.8. The number of esters is 2. The Hall–Kier alpha value is -3.94. The molecule has 0 saturated heterocycles. The van der Waals surface area contributed by atoms with Gasteiger partial charge in [0.2, 0.25) is 5.76 Å². The summed E-state index contributed by atoms with van der Waals surface area (Å²) in [5, 5.41) is 4.95. The molecule has 0 saturated carbocycles. The predicted molar refractivity (Wildman–Crippen MR) is 112 cm³/mol. The van der Waals surface area contributed by atoms with Crippen molar-refractivity contribution in [3.05, 3.63) is 83.2 Å². The first-order chi connectivity index (χ1) is 15.1. The summed E-state index contributed by atoms with van der Waals surface area (Å²) < 4.78 is 17.9. The van der Waals surface area contributed by atoms with Gasteiger partial charge >= 0.3 is 11.9 Å². The van der Waals surface area contributed by atoms with Crippen molar-refractivity contribution in [1.29, 1.82) is 0 Å². The molecular formula is C23H21N3O5. The molecule has 3 heterocycles. The van der Waals surface area contributed by atoms with E-state index < -0.39 is 11.9 Å². The Morgan fingerprint density at radius 3 is 2.68 bits per heavy atom. The van der Waals surface area contributed by atoms with Crippen LogP contribution in [0.4, 0.5) is 0 Å². The lowest BCUT2D eigenvalue weighted by atomic mass is 10.0. The Morgan fingerprint density at radius 1 is 1.06 bits per heavy atom. The molecule has 0 bridgehead atoms. The van der Waals surface area contributed by atoms with E-state index in [1.165, 1.54) is 0 Å². The Balaban J connectivity index is 1.55. The lowest BCUT2D eigenvalue weighted by Crippen LogP contribution is -2.15. The molecule has 3 aromatic heterocycles. The summed E-state index contributed by atoms with van der Waals surface area (Å²) in [4.78, 5) is 29.6. The van der Waals surface area contributed by atoms with Gasteiger partial charge in [0.1, 0.15) is 12.4 Å². The highest BCUT2D eigenvalue weighted by Crippen LogP contribution is 2.24. The molecule has 0 N–H and O–H groups in total. The van der Waals surface area contributed by atoms with Gasteiger partial charge in [-0.15, -0.1) is 0 Å². The van der Waals surface area contributed by atoms with E-state index in [0.717, 1.165) is 10.9 Å². The quantitative estimate of drug-likeness (QED) is 0.419. The predicted octanol–water partition coefficient (Wildman–Crippen LogP) is 3.91. The highest BCUT2D eigenvalue weighted by Gasteiger charge is 2.22. The Labute approximate surface area is 178 Å². The second kappa shape index (κ2) is 8.83. The van der Waals surface area contributed by atoms with Gasteiger partial charge in [-0.05, 0) is 43.7 Å². The average Bonchev–Trinajstić information content (AvgIpc) is 3.45. The topological polar surface area (TPSA) is 96.5 Å². The van der Waals surface area contributed by atoms with Crippen molar-refractivity contribution < 1.29 is 23.5 Å². The van der Waals surface area contributed by atoms with Crippen LogP contribution in [0.25, 0.3) is 10.9 Å². The smallest absolute Gasteiger partial charge is 0.374 e. The fourth-order valence-corrected chi connectivity index (χ4v) is 3.35. The number of ether oxygens (including phenoxy) is 2. The molecule has 8 heteroatoms. The van der Waals surface area contributed by atoms with E-state index in [1.807, 2.05) is 31.2 Å². The molecule has 1 aromatic carbocycles. The van der Waals surface area contributed by atoms with Crippen molar-refractivity contribution in [1.82, 2.24) is 14.8 Å². The summed E-state index contributed by atoms with van der Waals surface area (Å²) in [5.41, 5.74) is 2.09. The van der Waals surface area contributed by atoms with Crippen LogP contribution in [0.3, 0.4) is 0 Å². The maximum absolute atomic E-state index is 12.6. The maximum Gasteiger partial charge on any atom is 0.374 e. The molecule has 0 aliphatic heterocycles. The molecule has 0 unspecified atom stereocenters. The molecule has 0 aliphatic rings. The number of rotatable bonds is 7. The molecule has 31 heavy (non-hydrogen) atoms. The number of fused-ring (bicyclic) bond motifs is 1. The number of hydrogen-bond acceptors (Lipinski definition) is 7. The van der Waals surface area contributed by atoms with Gasteiger partial charge in [-0.2, -0.15) is 5.10 Å². The molecule has 158 valence electrons. The Bertz CT molecular complexity index is 1230. The fourth-order valence-electron chi connectivity index (χ4n) is 3.35. The number of pyridine rings is 1. The van der Waals surface area contributed by atoms with Gasteiger partial charge in [0.15, 0.2) is 0 Å². The van der Waals surface area contributed by atoms with Gasteiger partial charge in [-0.3, -0.25) is 4.68 Å². The van der Waals surface area contributed by atoms with Crippen molar-refractivity contribution in [2.24, 2.45) is 0 Å². The van der Waals surface area contributed by atoms with Gasteiger partial charge in [0, 0.05) is 17.8 Å². The van der Waals surface area contributed by atoms with Crippen LogP contribution in [0.15, 0.2) is 59.3 Å². The molecule has 4 aromatic rings. The van der Waals surface area contributed by atoms with Crippen LogP contribution in [0.1, 0.15) is 44.9 Å². The number of benzene rings is 1. The van der Waals surface area contributed by atoms with Crippen molar-refractivity contribution in [2.75, 3.05) is 6.61 Å². The number of carbonyl (C=O) groups excluding carboxylic acids is 2. The first-order valence-corrected chi connectivity index (χ1v) is 9.85. The van der Waals surface area contributed by atoms with Crippen LogP contribution >= 0.6 is 0 Å². The fraction of sp³-hybridized carbons (Fsp3) is 0.217. The summed E-state index contributed by atoms with van der Waals surface area (Å²) in [6, 6.07) is 12.5. The number of furan rings is 1. The number of aryl methyl sites for hydroxylation is 1. The number of para-hydroxylation sites is 1. The standard InChI is InChI=1S/C23H21N3O5/c1-3-29-23(28)21-15(2)17-7-4-5-8-18(17)25-19(21)14-30-22(27)20-10-9-16(31-20)13-26-12-6-11-24-26/h4-12H,3,13-14H2,1-2H3. The summed E-state index contributed by atoms with van der Waals surface area (Å²) in [7, 11) is 0. The van der Waals surface area contributed by atoms with Crippen molar-refractivity contribution in [3.8, 4) is 0 Å². The minimum Gasteiger partial charge on any atom is -0.462 e. The number of aromatic nitrogens is 3. The first kappa shape index (κ1) is 20.3. The number of nitrogens with zero attached hydrogens (tertiary/aromatic N) is 3. The van der Waals surface area contributed by atoms with Crippen LogP contribution < -0.4 is 0 Å².